The molecular formula is C24H23F17O2Si. The molecule has 0 aliphatic rings. The number of alkyl halides is 17. The van der Waals surface area contributed by atoms with E-state index in [1.54, 1.807) is 30.3 Å². The highest BCUT2D eigenvalue weighted by molar-refractivity contribution is 6.77. The number of halogens is 17. The van der Waals surface area contributed by atoms with Gasteiger partial charge in [-0.1, -0.05) is 61.6 Å². The normalized spacial score (nSPS) is 15.2. The first-order valence-electron chi connectivity index (χ1n) is 12.0. The molecule has 0 N–H and O–H groups in total. The number of esters is 1. The minimum Gasteiger partial charge on any atom is -0.461 e. The fourth-order valence-corrected chi connectivity index (χ4v) is 5.33. The average molecular weight is 694 g/mol. The van der Waals surface area contributed by atoms with Gasteiger partial charge in [0.25, 0.3) is 0 Å². The maximum atomic E-state index is 14.2. The Morgan fingerprint density at radius 1 is 0.659 bits per heavy atom. The minimum absolute atomic E-state index is 0.102. The Balaban J connectivity index is 3.03. The van der Waals surface area contributed by atoms with E-state index in [0.29, 0.717) is 5.56 Å². The van der Waals surface area contributed by atoms with Gasteiger partial charge < -0.3 is 4.74 Å². The van der Waals surface area contributed by atoms with E-state index >= 15 is 0 Å². The lowest BCUT2D eigenvalue weighted by Gasteiger charge is -2.43. The second kappa shape index (κ2) is 12.7. The fraction of sp³-hybridized carbons (Fsp3) is 0.625. The van der Waals surface area contributed by atoms with E-state index < -0.39 is 74.1 Å². The van der Waals surface area contributed by atoms with Gasteiger partial charge in [0.05, 0.1) is 14.5 Å². The van der Waals surface area contributed by atoms with Crippen LogP contribution in [0.1, 0.15) is 18.4 Å². The molecule has 1 aromatic carbocycles. The van der Waals surface area contributed by atoms with Crippen LogP contribution in [0.2, 0.25) is 25.2 Å². The van der Waals surface area contributed by atoms with Gasteiger partial charge in [-0.3, -0.25) is 4.79 Å². The quantitative estimate of drug-likeness (QED) is 0.0791. The van der Waals surface area contributed by atoms with Crippen molar-refractivity contribution in [2.75, 3.05) is 0 Å². The van der Waals surface area contributed by atoms with Gasteiger partial charge in [0.2, 0.25) is 0 Å². The molecule has 44 heavy (non-hydrogen) atoms. The summed E-state index contributed by atoms with van der Waals surface area (Å²) in [5, 5.41) is 0. The highest BCUT2D eigenvalue weighted by atomic mass is 28.3. The van der Waals surface area contributed by atoms with Crippen molar-refractivity contribution < 1.29 is 84.2 Å². The predicted octanol–water partition coefficient (Wildman–Crippen LogP) is 9.78. The Labute approximate surface area is 239 Å². The summed E-state index contributed by atoms with van der Waals surface area (Å²) in [6, 6.07) is 6.93. The van der Waals surface area contributed by atoms with Crippen molar-refractivity contribution in [2.24, 2.45) is 0 Å². The summed E-state index contributed by atoms with van der Waals surface area (Å²) in [4.78, 5) is 11.7. The van der Waals surface area contributed by atoms with Gasteiger partial charge in [-0.2, -0.15) is 74.6 Å². The van der Waals surface area contributed by atoms with Crippen LogP contribution in [0, 0.1) is 0 Å². The van der Waals surface area contributed by atoms with Crippen molar-refractivity contribution in [3.8, 4) is 0 Å². The third kappa shape index (κ3) is 7.46. The first-order chi connectivity index (χ1) is 19.4. The number of allylic oxidation sites excluding steroid dienone is 1. The first kappa shape index (κ1) is 39.5. The van der Waals surface area contributed by atoms with Crippen LogP contribution < -0.4 is 0 Å². The van der Waals surface area contributed by atoms with Gasteiger partial charge in [0.15, 0.2) is 0 Å². The lowest BCUT2D eigenvalue weighted by atomic mass is 9.88. The summed E-state index contributed by atoms with van der Waals surface area (Å²) in [6.45, 7) is 2.26. The molecule has 2 nitrogen and oxygen atoms in total. The molecule has 0 aliphatic heterocycles. The molecule has 254 valence electrons. The number of rotatable bonds is 15. The number of carbonyl (C=O) groups excluding carboxylic acids is 1. The summed E-state index contributed by atoms with van der Waals surface area (Å²) in [6.07, 6.45) is -8.23. The molecule has 0 bridgehead atoms. The van der Waals surface area contributed by atoms with Gasteiger partial charge in [-0.15, -0.1) is 0 Å². The summed E-state index contributed by atoms with van der Waals surface area (Å²) >= 11 is 0. The summed E-state index contributed by atoms with van der Waals surface area (Å²) in [7, 11) is -3.23. The molecule has 0 atom stereocenters. The predicted molar refractivity (Wildman–Crippen MR) is 122 cm³/mol. The summed E-state index contributed by atoms with van der Waals surface area (Å²) in [5.74, 6) is -57.0. The van der Waals surface area contributed by atoms with Crippen LogP contribution in [0.4, 0.5) is 74.6 Å². The van der Waals surface area contributed by atoms with Crippen molar-refractivity contribution >= 4 is 14.0 Å². The Hall–Kier alpha value is -2.54. The van der Waals surface area contributed by atoms with Crippen LogP contribution in [-0.4, -0.2) is 61.7 Å². The van der Waals surface area contributed by atoms with E-state index in [1.165, 1.54) is 25.2 Å². The fourth-order valence-electron chi connectivity index (χ4n) is 3.33. The largest absolute Gasteiger partial charge is 0.461 e. The lowest BCUT2D eigenvalue weighted by Crippen LogP contribution is -2.74. The highest BCUT2D eigenvalue weighted by Gasteiger charge is 2.95. The summed E-state index contributed by atoms with van der Waals surface area (Å²) in [5.41, 5.74) is 0.635. The van der Waals surface area contributed by atoms with Gasteiger partial charge in [0.1, 0.15) is 6.61 Å². The molecule has 0 radical (unpaired) electrons. The van der Waals surface area contributed by atoms with Crippen LogP contribution in [0.5, 0.6) is 0 Å². The molecule has 0 spiro atoms. The zero-order chi connectivity index (χ0) is 34.8. The van der Waals surface area contributed by atoms with E-state index in [-0.39, 0.29) is 19.1 Å². The van der Waals surface area contributed by atoms with Crippen LogP contribution in [0.25, 0.3) is 0 Å². The van der Waals surface area contributed by atoms with Gasteiger partial charge in [-0.05, 0) is 11.6 Å². The third-order valence-electron chi connectivity index (χ3n) is 6.27. The van der Waals surface area contributed by atoms with Crippen molar-refractivity contribution in [1.82, 2.24) is 0 Å². The summed E-state index contributed by atoms with van der Waals surface area (Å²) < 4.78 is 233. The first-order valence-corrected chi connectivity index (χ1v) is 15.4. The van der Waals surface area contributed by atoms with Crippen molar-refractivity contribution in [3.63, 3.8) is 0 Å². The molecule has 0 fully saturated rings. The lowest BCUT2D eigenvalue weighted by molar-refractivity contribution is -0.461. The minimum atomic E-state index is -8.64. The number of carbonyl (C=O) groups is 1. The van der Waals surface area contributed by atoms with E-state index in [0.717, 1.165) is 0 Å². The van der Waals surface area contributed by atoms with Crippen molar-refractivity contribution in [1.29, 1.82) is 0 Å². The van der Waals surface area contributed by atoms with Crippen molar-refractivity contribution in [2.45, 2.75) is 92.3 Å². The second-order valence-electron chi connectivity index (χ2n) is 10.3. The monoisotopic (exact) mass is 694 g/mol. The van der Waals surface area contributed by atoms with E-state index in [1.807, 2.05) is 0 Å². The Kier molecular flexibility index (Phi) is 11.4. The van der Waals surface area contributed by atoms with E-state index in [9.17, 15) is 79.4 Å². The SMILES string of the molecule is C[Si](C)(C/C=C/CC(=O)OCc1ccccc1)CCC(F)(F)C(F)(F)C(F)(F)C(F)(F)C(F)(F)C(F)(F)C(F)(F)C(F)(F)F. The number of ether oxygens (including phenoxy) is 1. The molecule has 0 saturated heterocycles. The van der Waals surface area contributed by atoms with Crippen LogP contribution in [-0.2, 0) is 16.1 Å². The zero-order valence-corrected chi connectivity index (χ0v) is 23.3. The molecule has 0 unspecified atom stereocenters. The molecule has 20 heteroatoms. The number of hydrogen-bond donors (Lipinski definition) is 0. The third-order valence-corrected chi connectivity index (χ3v) is 9.21. The van der Waals surface area contributed by atoms with Crippen LogP contribution >= 0.6 is 0 Å². The van der Waals surface area contributed by atoms with E-state index in [4.69, 9.17) is 4.74 Å². The Morgan fingerprint density at radius 3 is 1.55 bits per heavy atom. The molecule has 1 rings (SSSR count). The maximum Gasteiger partial charge on any atom is 0.460 e. The Bertz CT molecular complexity index is 1150. The molecular weight excluding hydrogens is 671 g/mol. The van der Waals surface area contributed by atoms with Crippen LogP contribution in [0.15, 0.2) is 42.5 Å². The zero-order valence-electron chi connectivity index (χ0n) is 22.3. The molecule has 0 saturated carbocycles. The highest BCUT2D eigenvalue weighted by Crippen LogP contribution is 2.64. The van der Waals surface area contributed by atoms with E-state index in [2.05, 4.69) is 0 Å². The number of hydrogen-bond acceptors (Lipinski definition) is 2. The molecule has 0 aliphatic carbocycles. The molecule has 0 aromatic heterocycles. The second-order valence-corrected chi connectivity index (χ2v) is 15.6. The van der Waals surface area contributed by atoms with Crippen molar-refractivity contribution in [3.05, 3.63) is 48.0 Å². The average Bonchev–Trinajstić information content (AvgIpc) is 2.88. The maximum absolute atomic E-state index is 14.2. The van der Waals surface area contributed by atoms with Gasteiger partial charge in [0, 0.05) is 6.42 Å². The molecule has 1 aromatic rings. The van der Waals surface area contributed by atoms with Gasteiger partial charge in [-0.25, -0.2) is 0 Å². The topological polar surface area (TPSA) is 26.3 Å². The Morgan fingerprint density at radius 2 is 1.09 bits per heavy atom. The van der Waals surface area contributed by atoms with Crippen LogP contribution in [0.3, 0.4) is 0 Å². The standard InChI is InChI=1S/C24H23F17O2Si/c1-44(2,12-7-6-10-16(42)43-14-15-8-4-3-5-9-15)13-11-17(25,26)18(27,28)19(29,30)20(31,32)21(33,34)22(35,36)23(37,38)24(39,40)41/h3-9H,10-14H2,1-2H3/b7-6+. The smallest absolute Gasteiger partial charge is 0.460 e. The molecule has 0 heterocycles. The van der Waals surface area contributed by atoms with Gasteiger partial charge >= 0.3 is 53.6 Å². The molecule has 0 amide bonds. The number of benzene rings is 1.